The van der Waals surface area contributed by atoms with Crippen molar-refractivity contribution >= 4 is 11.9 Å². The highest BCUT2D eigenvalue weighted by atomic mass is 16.4. The van der Waals surface area contributed by atoms with E-state index in [1.807, 2.05) is 13.8 Å². The van der Waals surface area contributed by atoms with Gasteiger partial charge in [0.2, 0.25) is 0 Å². The van der Waals surface area contributed by atoms with Crippen LogP contribution < -0.4 is 0 Å². The molecule has 1 atom stereocenters. The summed E-state index contributed by atoms with van der Waals surface area (Å²) < 4.78 is 0. The zero-order valence-corrected chi connectivity index (χ0v) is 10.2. The summed E-state index contributed by atoms with van der Waals surface area (Å²) in [4.78, 5) is 21.6. The first-order chi connectivity index (χ1) is 7.48. The van der Waals surface area contributed by atoms with Crippen LogP contribution in [0, 0.1) is 5.41 Å². The van der Waals surface area contributed by atoms with Gasteiger partial charge in [-0.3, -0.25) is 9.59 Å². The van der Waals surface area contributed by atoms with Gasteiger partial charge in [0.05, 0.1) is 5.41 Å². The van der Waals surface area contributed by atoms with Crippen LogP contribution in [0.4, 0.5) is 0 Å². The van der Waals surface area contributed by atoms with Gasteiger partial charge in [-0.15, -0.1) is 0 Å². The van der Waals surface area contributed by atoms with Crippen molar-refractivity contribution in [2.24, 2.45) is 5.41 Å². The molecule has 0 rings (SSSR count). The van der Waals surface area contributed by atoms with Crippen molar-refractivity contribution in [1.29, 1.82) is 0 Å². The molecule has 94 valence electrons. The average Bonchev–Trinajstić information content (AvgIpc) is 2.22. The van der Waals surface area contributed by atoms with Gasteiger partial charge in [0.25, 0.3) is 0 Å². The average molecular weight is 230 g/mol. The van der Waals surface area contributed by atoms with E-state index in [9.17, 15) is 14.7 Å². The van der Waals surface area contributed by atoms with Crippen LogP contribution in [0.5, 0.6) is 0 Å². The van der Waals surface area contributed by atoms with Gasteiger partial charge in [0, 0.05) is 6.42 Å². The lowest BCUT2D eigenvalue weighted by Crippen LogP contribution is -2.30. The maximum atomic E-state index is 11.3. The lowest BCUT2D eigenvalue weighted by atomic mass is 9.76. The Morgan fingerprint density at radius 1 is 1.06 bits per heavy atom. The van der Waals surface area contributed by atoms with Gasteiger partial charge in [0.1, 0.15) is 0 Å². The van der Waals surface area contributed by atoms with E-state index in [4.69, 9.17) is 5.11 Å². The lowest BCUT2D eigenvalue weighted by molar-refractivity contribution is -0.150. The van der Waals surface area contributed by atoms with E-state index in [1.54, 1.807) is 0 Å². The third-order valence-corrected chi connectivity index (χ3v) is 3.15. The first-order valence-electron chi connectivity index (χ1n) is 5.93. The Morgan fingerprint density at radius 2 is 1.69 bits per heavy atom. The highest BCUT2D eigenvalue weighted by Crippen LogP contribution is 2.34. The van der Waals surface area contributed by atoms with Crippen molar-refractivity contribution in [1.82, 2.24) is 0 Å². The summed E-state index contributed by atoms with van der Waals surface area (Å²) in [6.45, 7) is 3.87. The van der Waals surface area contributed by atoms with Crippen molar-refractivity contribution in [2.45, 2.75) is 58.8 Å². The molecule has 2 N–H and O–H groups in total. The van der Waals surface area contributed by atoms with Crippen molar-refractivity contribution in [3.8, 4) is 0 Å². The number of hydrogen-bond donors (Lipinski definition) is 2. The van der Waals surface area contributed by atoms with Crippen molar-refractivity contribution < 1.29 is 19.8 Å². The molecule has 0 saturated carbocycles. The monoisotopic (exact) mass is 230 g/mol. The molecule has 16 heavy (non-hydrogen) atoms. The minimum atomic E-state index is -0.812. The Morgan fingerprint density at radius 3 is 2.06 bits per heavy atom. The number of carboxylic acids is 2. The van der Waals surface area contributed by atoms with Crippen molar-refractivity contribution in [2.75, 3.05) is 0 Å². The molecule has 0 amide bonds. The molecule has 0 aliphatic rings. The molecule has 0 aromatic carbocycles. The van der Waals surface area contributed by atoms with Gasteiger partial charge in [-0.05, 0) is 25.7 Å². The third-order valence-electron chi connectivity index (χ3n) is 3.15. The van der Waals surface area contributed by atoms with Gasteiger partial charge in [-0.1, -0.05) is 26.7 Å². The van der Waals surface area contributed by atoms with E-state index in [-0.39, 0.29) is 6.42 Å². The lowest BCUT2D eigenvalue weighted by Gasteiger charge is -2.27. The van der Waals surface area contributed by atoms with E-state index < -0.39 is 17.4 Å². The molecular formula is C12H22O4. The number of unbranched alkanes of at least 4 members (excludes halogenated alkanes) is 1. The predicted octanol–water partition coefficient (Wildman–Crippen LogP) is 2.91. The summed E-state index contributed by atoms with van der Waals surface area (Å²) in [6.07, 6.45) is 4.08. The quantitative estimate of drug-likeness (QED) is 0.597. The zero-order valence-electron chi connectivity index (χ0n) is 10.2. The first kappa shape index (κ1) is 14.9. The molecule has 4 heteroatoms. The van der Waals surface area contributed by atoms with E-state index in [1.165, 1.54) is 0 Å². The molecule has 0 aliphatic heterocycles. The normalized spacial score (nSPS) is 14.4. The summed E-state index contributed by atoms with van der Waals surface area (Å²) >= 11 is 0. The summed E-state index contributed by atoms with van der Waals surface area (Å²) in [7, 11) is 0. The second-order valence-electron chi connectivity index (χ2n) is 4.29. The van der Waals surface area contributed by atoms with E-state index in [0.29, 0.717) is 32.1 Å². The van der Waals surface area contributed by atoms with Gasteiger partial charge in [-0.2, -0.15) is 0 Å². The zero-order chi connectivity index (χ0) is 12.6. The van der Waals surface area contributed by atoms with Crippen LogP contribution in [0.25, 0.3) is 0 Å². The minimum absolute atomic E-state index is 0.130. The predicted molar refractivity (Wildman–Crippen MR) is 61.4 cm³/mol. The number of aliphatic carboxylic acids is 2. The second kappa shape index (κ2) is 7.25. The first-order valence-corrected chi connectivity index (χ1v) is 5.93. The summed E-state index contributed by atoms with van der Waals surface area (Å²) in [5.41, 5.74) is -0.646. The fourth-order valence-corrected chi connectivity index (χ4v) is 2.06. The summed E-state index contributed by atoms with van der Waals surface area (Å²) in [5.74, 6) is -1.56. The molecule has 0 heterocycles. The Kier molecular flexibility index (Phi) is 6.77. The van der Waals surface area contributed by atoms with Gasteiger partial charge >= 0.3 is 11.9 Å². The van der Waals surface area contributed by atoms with E-state index >= 15 is 0 Å². The number of carbonyl (C=O) groups is 2. The maximum Gasteiger partial charge on any atom is 0.309 e. The van der Waals surface area contributed by atoms with Crippen LogP contribution in [0.15, 0.2) is 0 Å². The van der Waals surface area contributed by atoms with Crippen molar-refractivity contribution in [3.63, 3.8) is 0 Å². The molecule has 0 spiro atoms. The molecule has 0 aromatic heterocycles. The molecule has 0 aromatic rings. The Balaban J connectivity index is 4.20. The van der Waals surface area contributed by atoms with Crippen molar-refractivity contribution in [3.05, 3.63) is 0 Å². The third kappa shape index (κ3) is 4.64. The van der Waals surface area contributed by atoms with Crippen LogP contribution in [-0.4, -0.2) is 22.2 Å². The standard InChI is InChI=1S/C12H22O4/c1-3-8-12(4-2,11(15)16)9-6-5-7-10(13)14/h3-9H2,1-2H3,(H,13,14)(H,15,16). The molecule has 0 aliphatic carbocycles. The molecule has 4 nitrogen and oxygen atoms in total. The number of hydrogen-bond acceptors (Lipinski definition) is 2. The fourth-order valence-electron chi connectivity index (χ4n) is 2.06. The molecule has 1 unspecified atom stereocenters. The molecule has 0 radical (unpaired) electrons. The summed E-state index contributed by atoms with van der Waals surface area (Å²) in [6, 6.07) is 0. The largest absolute Gasteiger partial charge is 0.481 e. The molecule has 0 fully saturated rings. The topological polar surface area (TPSA) is 74.6 Å². The smallest absolute Gasteiger partial charge is 0.309 e. The minimum Gasteiger partial charge on any atom is -0.481 e. The highest BCUT2D eigenvalue weighted by Gasteiger charge is 2.34. The maximum absolute atomic E-state index is 11.3. The highest BCUT2D eigenvalue weighted by molar-refractivity contribution is 5.74. The Hall–Kier alpha value is -1.06. The van der Waals surface area contributed by atoms with Gasteiger partial charge in [-0.25, -0.2) is 0 Å². The summed E-state index contributed by atoms with van der Waals surface area (Å²) in [5, 5.41) is 17.7. The van der Waals surface area contributed by atoms with Gasteiger partial charge < -0.3 is 10.2 Å². The fraction of sp³-hybridized carbons (Fsp3) is 0.833. The Bertz CT molecular complexity index is 237. The number of carboxylic acid groups (broad SMARTS) is 2. The molecular weight excluding hydrogens is 208 g/mol. The van der Waals surface area contributed by atoms with Crippen LogP contribution in [0.2, 0.25) is 0 Å². The van der Waals surface area contributed by atoms with E-state index in [0.717, 1.165) is 6.42 Å². The van der Waals surface area contributed by atoms with Crippen LogP contribution in [0.3, 0.4) is 0 Å². The SMILES string of the molecule is CCCC(CC)(CCCCC(=O)O)C(=O)O. The van der Waals surface area contributed by atoms with Gasteiger partial charge in [0.15, 0.2) is 0 Å². The Labute approximate surface area is 96.7 Å². The second-order valence-corrected chi connectivity index (χ2v) is 4.29. The molecule has 0 bridgehead atoms. The van der Waals surface area contributed by atoms with E-state index in [2.05, 4.69) is 0 Å². The van der Waals surface area contributed by atoms with Crippen LogP contribution in [0.1, 0.15) is 58.8 Å². The number of rotatable bonds is 9. The molecule has 0 saturated heterocycles. The van der Waals surface area contributed by atoms with Crippen LogP contribution >= 0.6 is 0 Å². The van der Waals surface area contributed by atoms with Crippen LogP contribution in [-0.2, 0) is 9.59 Å².